The van der Waals surface area contributed by atoms with Crippen LogP contribution in [-0.2, 0) is 6.61 Å². The molecule has 0 saturated heterocycles. The maximum absolute atomic E-state index is 12.1. The number of halogens is 3. The van der Waals surface area contributed by atoms with Crippen LogP contribution in [0.1, 0.15) is 5.82 Å². The van der Waals surface area contributed by atoms with Gasteiger partial charge in [0.25, 0.3) is 0 Å². The van der Waals surface area contributed by atoms with Crippen molar-refractivity contribution in [3.63, 3.8) is 0 Å². The number of aromatic nitrogens is 3. The van der Waals surface area contributed by atoms with Crippen LogP contribution < -0.4 is 9.47 Å². The number of alkyl halides is 3. The number of hydrogen-bond acceptors (Lipinski definition) is 4. The van der Waals surface area contributed by atoms with Crippen molar-refractivity contribution in [2.45, 2.75) is 13.0 Å². The van der Waals surface area contributed by atoms with Gasteiger partial charge in [-0.2, -0.15) is 5.10 Å². The summed E-state index contributed by atoms with van der Waals surface area (Å²) in [5.41, 5.74) is 0.828. The third-order valence-electron chi connectivity index (χ3n) is 3.18. The summed E-state index contributed by atoms with van der Waals surface area (Å²) in [7, 11) is 0. The molecule has 3 aromatic rings. The second-order valence-corrected chi connectivity index (χ2v) is 5.31. The molecule has 0 bridgehead atoms. The van der Waals surface area contributed by atoms with Crippen LogP contribution in [0.5, 0.6) is 11.5 Å². The monoisotopic (exact) mass is 367 g/mol. The van der Waals surface area contributed by atoms with E-state index in [1.165, 1.54) is 24.3 Å². The molecule has 0 aliphatic carbocycles. The molecule has 0 unspecified atom stereocenters. The fraction of sp³-hybridized carbons (Fsp3) is 0.125. The highest BCUT2D eigenvalue weighted by atomic mass is 32.1. The molecule has 3 rings (SSSR count). The largest absolute Gasteiger partial charge is 0.573 e. The first-order chi connectivity index (χ1) is 11.9. The van der Waals surface area contributed by atoms with Gasteiger partial charge in [0.1, 0.15) is 18.1 Å². The Labute approximate surface area is 145 Å². The van der Waals surface area contributed by atoms with Crippen LogP contribution in [0.15, 0.2) is 54.6 Å². The van der Waals surface area contributed by atoms with Crippen molar-refractivity contribution < 1.29 is 22.6 Å². The maximum atomic E-state index is 12.1. The van der Waals surface area contributed by atoms with Crippen LogP contribution >= 0.6 is 12.2 Å². The highest BCUT2D eigenvalue weighted by Gasteiger charge is 2.30. The molecule has 0 spiro atoms. The van der Waals surface area contributed by atoms with Crippen LogP contribution in [0.2, 0.25) is 0 Å². The number of nitrogens with one attached hydrogen (secondary N) is 1. The van der Waals surface area contributed by atoms with Crippen LogP contribution in [0, 0.1) is 4.77 Å². The fourth-order valence-corrected chi connectivity index (χ4v) is 2.41. The lowest BCUT2D eigenvalue weighted by atomic mass is 10.3. The Morgan fingerprint density at radius 2 is 1.64 bits per heavy atom. The number of aromatic amines is 1. The van der Waals surface area contributed by atoms with Crippen molar-refractivity contribution in [1.29, 1.82) is 0 Å². The summed E-state index contributed by atoms with van der Waals surface area (Å²) in [5.74, 6) is 0.599. The second-order valence-electron chi connectivity index (χ2n) is 4.92. The molecule has 130 valence electrons. The fourth-order valence-electron chi connectivity index (χ4n) is 2.16. The lowest BCUT2D eigenvalue weighted by Gasteiger charge is -2.10. The van der Waals surface area contributed by atoms with Crippen molar-refractivity contribution in [3.05, 3.63) is 65.2 Å². The number of rotatable bonds is 5. The molecule has 0 amide bonds. The molecule has 0 aliphatic heterocycles. The van der Waals surface area contributed by atoms with E-state index < -0.39 is 6.36 Å². The van der Waals surface area contributed by atoms with Gasteiger partial charge in [-0.3, -0.25) is 9.67 Å². The summed E-state index contributed by atoms with van der Waals surface area (Å²) >= 11 is 5.22. The van der Waals surface area contributed by atoms with E-state index in [9.17, 15) is 13.2 Å². The topological polar surface area (TPSA) is 52.1 Å². The predicted molar refractivity (Wildman–Crippen MR) is 86.2 cm³/mol. The van der Waals surface area contributed by atoms with E-state index >= 15 is 0 Å². The number of hydrogen-bond donors (Lipinski definition) is 1. The van der Waals surface area contributed by atoms with E-state index in [2.05, 4.69) is 14.9 Å². The van der Waals surface area contributed by atoms with Crippen LogP contribution in [0.25, 0.3) is 5.69 Å². The van der Waals surface area contributed by atoms with Crippen LogP contribution in [-0.4, -0.2) is 21.1 Å². The average Bonchev–Trinajstić information content (AvgIpc) is 2.94. The molecule has 25 heavy (non-hydrogen) atoms. The molecular weight excluding hydrogens is 355 g/mol. The van der Waals surface area contributed by atoms with Crippen molar-refractivity contribution in [3.8, 4) is 17.2 Å². The van der Waals surface area contributed by atoms with Gasteiger partial charge in [0.2, 0.25) is 0 Å². The van der Waals surface area contributed by atoms with Crippen molar-refractivity contribution >= 4 is 12.2 Å². The normalized spacial score (nSPS) is 11.3. The average molecular weight is 367 g/mol. The Morgan fingerprint density at radius 3 is 2.28 bits per heavy atom. The lowest BCUT2D eigenvalue weighted by Crippen LogP contribution is -2.16. The standard InChI is InChI=1S/C16H12F3N3O2S/c17-16(18,19)24-13-8-6-12(7-9-13)23-10-14-20-21-15(25)22(14)11-4-2-1-3-5-11/h1-9H,10H2,(H,21,25). The Morgan fingerprint density at radius 1 is 1.00 bits per heavy atom. The first-order valence-electron chi connectivity index (χ1n) is 7.13. The van der Waals surface area contributed by atoms with E-state index in [1.54, 1.807) is 4.57 Å². The predicted octanol–water partition coefficient (Wildman–Crippen LogP) is 4.41. The van der Waals surface area contributed by atoms with Gasteiger partial charge in [-0.05, 0) is 48.6 Å². The van der Waals surface area contributed by atoms with Crippen molar-refractivity contribution in [2.75, 3.05) is 0 Å². The van der Waals surface area contributed by atoms with Gasteiger partial charge < -0.3 is 9.47 Å². The molecule has 0 fully saturated rings. The third kappa shape index (κ3) is 4.38. The summed E-state index contributed by atoms with van der Waals surface area (Å²) in [4.78, 5) is 0. The summed E-state index contributed by atoms with van der Waals surface area (Å²) in [6.45, 7) is 0.0848. The van der Waals surface area contributed by atoms with Crippen molar-refractivity contribution in [2.24, 2.45) is 0 Å². The summed E-state index contributed by atoms with van der Waals surface area (Å²) < 4.78 is 47.9. The number of H-pyrrole nitrogens is 1. The van der Waals surface area contributed by atoms with Gasteiger partial charge in [0.15, 0.2) is 10.6 Å². The van der Waals surface area contributed by atoms with Gasteiger partial charge in [0.05, 0.1) is 0 Å². The number of ether oxygens (including phenoxy) is 2. The smallest absolute Gasteiger partial charge is 0.486 e. The first kappa shape index (κ1) is 17.0. The minimum absolute atomic E-state index is 0.0848. The van der Waals surface area contributed by atoms with Gasteiger partial charge in [-0.25, -0.2) is 0 Å². The first-order valence-corrected chi connectivity index (χ1v) is 7.53. The molecular formula is C16H12F3N3O2S. The molecule has 9 heteroatoms. The Bertz CT molecular complexity index is 889. The molecule has 0 aliphatic rings. The second kappa shape index (κ2) is 6.98. The Balaban J connectivity index is 1.72. The molecule has 5 nitrogen and oxygen atoms in total. The molecule has 1 heterocycles. The summed E-state index contributed by atoms with van der Waals surface area (Å²) in [6.07, 6.45) is -4.72. The minimum Gasteiger partial charge on any atom is -0.486 e. The molecule has 1 N–H and O–H groups in total. The molecule has 1 aromatic heterocycles. The zero-order valence-corrected chi connectivity index (χ0v) is 13.5. The van der Waals surface area contributed by atoms with Gasteiger partial charge in [-0.15, -0.1) is 13.2 Å². The van der Waals surface area contributed by atoms with E-state index in [0.717, 1.165) is 5.69 Å². The van der Waals surface area contributed by atoms with E-state index in [0.29, 0.717) is 16.3 Å². The molecule has 0 atom stereocenters. The Hall–Kier alpha value is -2.81. The molecule has 0 saturated carbocycles. The van der Waals surface area contributed by atoms with Gasteiger partial charge in [-0.1, -0.05) is 18.2 Å². The Kier molecular flexibility index (Phi) is 4.75. The molecule has 0 radical (unpaired) electrons. The third-order valence-corrected chi connectivity index (χ3v) is 3.46. The zero-order chi connectivity index (χ0) is 17.9. The number of para-hydroxylation sites is 1. The SMILES string of the molecule is FC(F)(F)Oc1ccc(OCc2n[nH]c(=S)n2-c2ccccc2)cc1. The lowest BCUT2D eigenvalue weighted by molar-refractivity contribution is -0.274. The number of nitrogens with zero attached hydrogens (tertiary/aromatic N) is 2. The van der Waals surface area contributed by atoms with Crippen molar-refractivity contribution in [1.82, 2.24) is 14.8 Å². The van der Waals surface area contributed by atoms with Crippen LogP contribution in [0.4, 0.5) is 13.2 Å². The maximum Gasteiger partial charge on any atom is 0.573 e. The highest BCUT2D eigenvalue weighted by molar-refractivity contribution is 7.71. The van der Waals surface area contributed by atoms with Gasteiger partial charge in [0, 0.05) is 5.69 Å². The summed E-state index contributed by atoms with van der Waals surface area (Å²) in [6, 6.07) is 14.5. The van der Waals surface area contributed by atoms with Crippen LogP contribution in [0.3, 0.4) is 0 Å². The van der Waals surface area contributed by atoms with Gasteiger partial charge >= 0.3 is 6.36 Å². The molecule has 2 aromatic carbocycles. The zero-order valence-electron chi connectivity index (χ0n) is 12.7. The minimum atomic E-state index is -4.72. The van der Waals surface area contributed by atoms with E-state index in [-0.39, 0.29) is 12.4 Å². The van der Waals surface area contributed by atoms with E-state index in [1.807, 2.05) is 30.3 Å². The highest BCUT2D eigenvalue weighted by Crippen LogP contribution is 2.25. The summed E-state index contributed by atoms with van der Waals surface area (Å²) in [5, 5.41) is 6.82. The van der Waals surface area contributed by atoms with E-state index in [4.69, 9.17) is 17.0 Å². The quantitative estimate of drug-likeness (QED) is 0.679. The number of benzene rings is 2.